The summed E-state index contributed by atoms with van der Waals surface area (Å²) in [4.78, 5) is 25.7. The number of carboxylic acids is 1. The summed E-state index contributed by atoms with van der Waals surface area (Å²) in [6, 6.07) is 6.55. The largest absolute Gasteiger partial charge is 0.477 e. The number of anilines is 2. The number of nitrogens with one attached hydrogen (secondary N) is 3. The molecule has 1 aromatic heterocycles. The maximum Gasteiger partial charge on any atom is 0.354 e. The number of aryl methyl sites for hydroxylation is 2. The van der Waals surface area contributed by atoms with E-state index in [1.807, 2.05) is 19.1 Å². The van der Waals surface area contributed by atoms with Gasteiger partial charge in [-0.25, -0.2) is 9.59 Å². The molecule has 0 aliphatic rings. The summed E-state index contributed by atoms with van der Waals surface area (Å²) in [6.45, 7) is 3.66. The average Bonchev–Trinajstić information content (AvgIpc) is 2.74. The molecule has 2 rings (SSSR count). The Morgan fingerprint density at radius 3 is 2.43 bits per heavy atom. The smallest absolute Gasteiger partial charge is 0.354 e. The van der Waals surface area contributed by atoms with Crippen molar-refractivity contribution in [3.63, 3.8) is 0 Å². The highest BCUT2D eigenvalue weighted by Gasteiger charge is 2.15. The molecule has 1 heterocycles. The SMILES string of the molecule is Cc1ccc(NC(=O)Nc2cc(C)[nH]c2C(=O)O)c(Br)c1. The zero-order valence-corrected chi connectivity index (χ0v) is 13.0. The van der Waals surface area contributed by atoms with Gasteiger partial charge in [0.1, 0.15) is 5.69 Å². The van der Waals surface area contributed by atoms with Crippen LogP contribution in [0.15, 0.2) is 28.7 Å². The van der Waals surface area contributed by atoms with Gasteiger partial charge in [0.05, 0.1) is 11.4 Å². The second-order valence-corrected chi connectivity index (χ2v) is 5.46. The topological polar surface area (TPSA) is 94.2 Å². The number of benzene rings is 1. The van der Waals surface area contributed by atoms with Crippen molar-refractivity contribution in [3.8, 4) is 0 Å². The van der Waals surface area contributed by atoms with E-state index in [2.05, 4.69) is 31.5 Å². The van der Waals surface area contributed by atoms with E-state index in [0.29, 0.717) is 11.4 Å². The molecule has 0 spiro atoms. The zero-order chi connectivity index (χ0) is 15.6. The van der Waals surface area contributed by atoms with E-state index in [0.717, 1.165) is 10.0 Å². The number of hydrogen-bond donors (Lipinski definition) is 4. The Labute approximate surface area is 129 Å². The molecule has 1 aromatic carbocycles. The number of carbonyl (C=O) groups excluding carboxylic acids is 1. The first-order chi connectivity index (χ1) is 9.86. The van der Waals surface area contributed by atoms with Crippen LogP contribution in [0.25, 0.3) is 0 Å². The second kappa shape index (κ2) is 6.01. The summed E-state index contributed by atoms with van der Waals surface area (Å²) in [5.74, 6) is -1.13. The third-order valence-corrected chi connectivity index (χ3v) is 3.44. The molecule has 0 bridgehead atoms. The van der Waals surface area contributed by atoms with Gasteiger partial charge in [0.25, 0.3) is 0 Å². The van der Waals surface area contributed by atoms with Gasteiger partial charge in [0.15, 0.2) is 0 Å². The van der Waals surface area contributed by atoms with Gasteiger partial charge in [-0.15, -0.1) is 0 Å². The Hall–Kier alpha value is -2.28. The highest BCUT2D eigenvalue weighted by molar-refractivity contribution is 9.10. The average molecular weight is 352 g/mol. The van der Waals surface area contributed by atoms with Gasteiger partial charge < -0.3 is 20.7 Å². The Kier molecular flexibility index (Phi) is 4.32. The predicted molar refractivity (Wildman–Crippen MR) is 84.0 cm³/mol. The molecule has 0 aliphatic carbocycles. The van der Waals surface area contributed by atoms with Crippen LogP contribution in [-0.4, -0.2) is 22.1 Å². The van der Waals surface area contributed by atoms with Gasteiger partial charge in [0.2, 0.25) is 0 Å². The molecule has 0 fully saturated rings. The molecule has 21 heavy (non-hydrogen) atoms. The molecule has 0 radical (unpaired) electrons. The van der Waals surface area contributed by atoms with E-state index in [1.165, 1.54) is 0 Å². The third kappa shape index (κ3) is 3.63. The number of rotatable bonds is 3. The van der Waals surface area contributed by atoms with Crippen LogP contribution in [0.4, 0.5) is 16.2 Å². The number of aromatic carboxylic acids is 1. The van der Waals surface area contributed by atoms with E-state index >= 15 is 0 Å². The predicted octanol–water partition coefficient (Wildman–Crippen LogP) is 3.74. The van der Waals surface area contributed by atoms with Crippen molar-refractivity contribution in [2.75, 3.05) is 10.6 Å². The van der Waals surface area contributed by atoms with Gasteiger partial charge in [-0.1, -0.05) is 6.07 Å². The standard InChI is InChI=1S/C14H14BrN3O3/c1-7-3-4-10(9(15)5-7)17-14(21)18-11-6-8(2)16-12(11)13(19)20/h3-6,16H,1-2H3,(H,19,20)(H2,17,18,21). The summed E-state index contributed by atoms with van der Waals surface area (Å²) in [7, 11) is 0. The van der Waals surface area contributed by atoms with E-state index < -0.39 is 12.0 Å². The summed E-state index contributed by atoms with van der Waals surface area (Å²) in [6.07, 6.45) is 0. The fraction of sp³-hybridized carbons (Fsp3) is 0.143. The minimum Gasteiger partial charge on any atom is -0.477 e. The lowest BCUT2D eigenvalue weighted by Gasteiger charge is -2.09. The fourth-order valence-corrected chi connectivity index (χ4v) is 2.45. The molecule has 2 aromatic rings. The monoisotopic (exact) mass is 351 g/mol. The third-order valence-electron chi connectivity index (χ3n) is 2.79. The molecule has 6 nitrogen and oxygen atoms in total. The summed E-state index contributed by atoms with van der Waals surface area (Å²) >= 11 is 3.36. The molecule has 0 unspecified atom stereocenters. The lowest BCUT2D eigenvalue weighted by molar-refractivity contribution is 0.0692. The van der Waals surface area contributed by atoms with Crippen molar-refractivity contribution in [1.29, 1.82) is 0 Å². The highest BCUT2D eigenvalue weighted by atomic mass is 79.9. The Morgan fingerprint density at radius 1 is 1.14 bits per heavy atom. The van der Waals surface area contributed by atoms with Gasteiger partial charge in [-0.2, -0.15) is 0 Å². The van der Waals surface area contributed by atoms with Crippen molar-refractivity contribution in [1.82, 2.24) is 4.98 Å². The van der Waals surface area contributed by atoms with E-state index in [9.17, 15) is 9.59 Å². The molecule has 0 saturated carbocycles. The summed E-state index contributed by atoms with van der Waals surface area (Å²) < 4.78 is 0.751. The fourth-order valence-electron chi connectivity index (χ4n) is 1.85. The number of carboxylic acid groups (broad SMARTS) is 1. The number of urea groups is 1. The molecule has 0 aliphatic heterocycles. The Balaban J connectivity index is 2.13. The first-order valence-corrected chi connectivity index (χ1v) is 6.93. The van der Waals surface area contributed by atoms with Gasteiger partial charge >= 0.3 is 12.0 Å². The van der Waals surface area contributed by atoms with Gasteiger partial charge in [0, 0.05) is 10.2 Å². The number of amides is 2. The lowest BCUT2D eigenvalue weighted by Crippen LogP contribution is -2.20. The quantitative estimate of drug-likeness (QED) is 0.678. The van der Waals surface area contributed by atoms with Crippen LogP contribution >= 0.6 is 15.9 Å². The molecule has 2 amide bonds. The van der Waals surface area contributed by atoms with Crippen LogP contribution < -0.4 is 10.6 Å². The first kappa shape index (κ1) is 15.1. The maximum atomic E-state index is 12.0. The van der Waals surface area contributed by atoms with Crippen molar-refractivity contribution < 1.29 is 14.7 Å². The lowest BCUT2D eigenvalue weighted by atomic mass is 10.2. The molecular weight excluding hydrogens is 338 g/mol. The van der Waals surface area contributed by atoms with Crippen molar-refractivity contribution >= 4 is 39.3 Å². The Morgan fingerprint density at radius 2 is 1.81 bits per heavy atom. The molecule has 0 saturated heterocycles. The maximum absolute atomic E-state index is 12.0. The van der Waals surface area contributed by atoms with E-state index in [-0.39, 0.29) is 11.4 Å². The van der Waals surface area contributed by atoms with Crippen LogP contribution in [0.1, 0.15) is 21.7 Å². The molecule has 110 valence electrons. The summed E-state index contributed by atoms with van der Waals surface area (Å²) in [5.41, 5.74) is 2.48. The van der Waals surface area contributed by atoms with Crippen LogP contribution in [0, 0.1) is 13.8 Å². The number of hydrogen-bond acceptors (Lipinski definition) is 2. The van der Waals surface area contributed by atoms with Crippen LogP contribution in [0.2, 0.25) is 0 Å². The highest BCUT2D eigenvalue weighted by Crippen LogP contribution is 2.24. The van der Waals surface area contributed by atoms with E-state index in [1.54, 1.807) is 19.1 Å². The van der Waals surface area contributed by atoms with E-state index in [4.69, 9.17) is 5.11 Å². The number of aromatic amines is 1. The van der Waals surface area contributed by atoms with Crippen molar-refractivity contribution in [2.45, 2.75) is 13.8 Å². The minimum absolute atomic E-state index is 0.0504. The summed E-state index contributed by atoms with van der Waals surface area (Å²) in [5, 5.41) is 14.2. The van der Waals surface area contributed by atoms with Crippen LogP contribution in [0.5, 0.6) is 0 Å². The minimum atomic E-state index is -1.13. The van der Waals surface area contributed by atoms with Gasteiger partial charge in [-0.05, 0) is 53.5 Å². The number of H-pyrrole nitrogens is 1. The van der Waals surface area contributed by atoms with Crippen molar-refractivity contribution in [3.05, 3.63) is 45.7 Å². The zero-order valence-electron chi connectivity index (χ0n) is 11.5. The van der Waals surface area contributed by atoms with Crippen LogP contribution in [0.3, 0.4) is 0 Å². The Bertz CT molecular complexity index is 709. The molecule has 0 atom stereocenters. The normalized spacial score (nSPS) is 10.2. The number of carbonyl (C=O) groups is 2. The second-order valence-electron chi connectivity index (χ2n) is 4.61. The number of halogens is 1. The number of aromatic nitrogens is 1. The first-order valence-electron chi connectivity index (χ1n) is 6.14. The molecule has 7 heteroatoms. The van der Waals surface area contributed by atoms with Crippen LogP contribution in [-0.2, 0) is 0 Å². The van der Waals surface area contributed by atoms with Crippen molar-refractivity contribution in [2.24, 2.45) is 0 Å². The van der Waals surface area contributed by atoms with Gasteiger partial charge in [-0.3, -0.25) is 0 Å². The molecule has 4 N–H and O–H groups in total. The molecular formula is C14H14BrN3O3.